The quantitative estimate of drug-likeness (QED) is 0.0269. The number of hydrogen-bond acceptors (Lipinski definition) is 5. The standard InChI is InChI=1S/C48H95NO4/c1-44(2)36-31-27-23-19-15-11-9-12-16-20-24-28-32-37-45(3)38-33-29-25-21-17-13-10-14-18-22-26-30-34-39-46(4)51-41-35-42-52-48(47(5)50-8)53-43-40-49(6)7/h9,12,44-46,48H,5,10-11,13-43H2,1-4,6-8H3/b12-9-. The van der Waals surface area contributed by atoms with Gasteiger partial charge < -0.3 is 23.8 Å². The summed E-state index contributed by atoms with van der Waals surface area (Å²) >= 11 is 0. The third kappa shape index (κ3) is 40.6. The highest BCUT2D eigenvalue weighted by atomic mass is 16.7. The third-order valence-corrected chi connectivity index (χ3v) is 10.7. The van der Waals surface area contributed by atoms with E-state index in [0.29, 0.717) is 31.7 Å². The van der Waals surface area contributed by atoms with Crippen LogP contribution in [0.3, 0.4) is 0 Å². The summed E-state index contributed by atoms with van der Waals surface area (Å²) in [5.41, 5.74) is 0. The molecule has 0 aromatic rings. The van der Waals surface area contributed by atoms with E-state index < -0.39 is 6.29 Å². The first-order valence-corrected chi connectivity index (χ1v) is 23.1. The van der Waals surface area contributed by atoms with Gasteiger partial charge in [-0.15, -0.1) is 0 Å². The monoisotopic (exact) mass is 750 g/mol. The summed E-state index contributed by atoms with van der Waals surface area (Å²) in [4.78, 5) is 2.08. The van der Waals surface area contributed by atoms with Crippen LogP contribution in [0.5, 0.6) is 0 Å². The van der Waals surface area contributed by atoms with E-state index in [1.54, 1.807) is 7.11 Å². The lowest BCUT2D eigenvalue weighted by Gasteiger charge is -2.21. The predicted octanol–water partition coefficient (Wildman–Crippen LogP) is 14.6. The van der Waals surface area contributed by atoms with Crippen molar-refractivity contribution >= 4 is 0 Å². The van der Waals surface area contributed by atoms with Gasteiger partial charge in [0, 0.05) is 13.2 Å². The first-order valence-electron chi connectivity index (χ1n) is 23.1. The highest BCUT2D eigenvalue weighted by Crippen LogP contribution is 2.20. The van der Waals surface area contributed by atoms with Crippen LogP contribution in [-0.2, 0) is 18.9 Å². The fourth-order valence-electron chi connectivity index (χ4n) is 6.99. The Labute approximate surface area is 333 Å². The molecule has 3 unspecified atom stereocenters. The van der Waals surface area contributed by atoms with E-state index in [4.69, 9.17) is 18.9 Å². The third-order valence-electron chi connectivity index (χ3n) is 10.7. The molecule has 0 aliphatic rings. The van der Waals surface area contributed by atoms with Crippen LogP contribution in [0.4, 0.5) is 0 Å². The normalized spacial score (nSPS) is 13.8. The summed E-state index contributed by atoms with van der Waals surface area (Å²) in [5.74, 6) is 2.31. The Morgan fingerprint density at radius 1 is 0.491 bits per heavy atom. The summed E-state index contributed by atoms with van der Waals surface area (Å²) in [6, 6.07) is 0. The summed E-state index contributed by atoms with van der Waals surface area (Å²) in [7, 11) is 5.64. The van der Waals surface area contributed by atoms with E-state index in [1.165, 1.54) is 173 Å². The maximum Gasteiger partial charge on any atom is 0.215 e. The Morgan fingerprint density at radius 3 is 1.34 bits per heavy atom. The summed E-state index contributed by atoms with van der Waals surface area (Å²) in [6.07, 6.45) is 44.7. The van der Waals surface area contributed by atoms with Gasteiger partial charge in [0.05, 0.1) is 26.4 Å². The minimum atomic E-state index is -0.520. The van der Waals surface area contributed by atoms with Crippen LogP contribution in [0.25, 0.3) is 0 Å². The summed E-state index contributed by atoms with van der Waals surface area (Å²) in [6.45, 7) is 15.9. The molecule has 0 radical (unpaired) electrons. The second-order valence-corrected chi connectivity index (χ2v) is 17.1. The van der Waals surface area contributed by atoms with Crippen LogP contribution in [0.2, 0.25) is 0 Å². The molecule has 0 rings (SSSR count). The summed E-state index contributed by atoms with van der Waals surface area (Å²) in [5, 5.41) is 0. The van der Waals surface area contributed by atoms with Crippen molar-refractivity contribution in [1.82, 2.24) is 4.90 Å². The fourth-order valence-corrected chi connectivity index (χ4v) is 6.99. The maximum atomic E-state index is 6.01. The number of hydrogen-bond donors (Lipinski definition) is 0. The summed E-state index contributed by atoms with van der Waals surface area (Å²) < 4.78 is 22.9. The first-order chi connectivity index (χ1) is 25.8. The van der Waals surface area contributed by atoms with Crippen LogP contribution in [0.1, 0.15) is 214 Å². The average Bonchev–Trinajstić information content (AvgIpc) is 3.13. The highest BCUT2D eigenvalue weighted by Gasteiger charge is 2.14. The van der Waals surface area contributed by atoms with E-state index in [2.05, 4.69) is 51.3 Å². The largest absolute Gasteiger partial charge is 0.496 e. The lowest BCUT2D eigenvalue weighted by atomic mass is 9.96. The molecule has 0 saturated heterocycles. The maximum absolute atomic E-state index is 6.01. The van der Waals surface area contributed by atoms with Crippen LogP contribution in [0.15, 0.2) is 24.5 Å². The van der Waals surface area contributed by atoms with Crippen molar-refractivity contribution in [3.05, 3.63) is 24.5 Å². The zero-order valence-electron chi connectivity index (χ0n) is 37.1. The number of ether oxygens (including phenoxy) is 4. The molecule has 5 heteroatoms. The number of nitrogens with zero attached hydrogens (tertiary/aromatic N) is 1. The fraction of sp³-hybridized carbons (Fsp3) is 0.917. The molecule has 0 saturated carbocycles. The molecule has 0 spiro atoms. The molecule has 0 N–H and O–H groups in total. The lowest BCUT2D eigenvalue weighted by Crippen LogP contribution is -2.26. The van der Waals surface area contributed by atoms with E-state index in [1.807, 2.05) is 14.1 Å². The second-order valence-electron chi connectivity index (χ2n) is 17.1. The Morgan fingerprint density at radius 2 is 0.887 bits per heavy atom. The minimum absolute atomic E-state index is 0.311. The molecule has 0 aliphatic carbocycles. The van der Waals surface area contributed by atoms with Crippen LogP contribution < -0.4 is 0 Å². The van der Waals surface area contributed by atoms with Gasteiger partial charge in [0.15, 0.2) is 0 Å². The van der Waals surface area contributed by atoms with Gasteiger partial charge in [-0.2, -0.15) is 0 Å². The van der Waals surface area contributed by atoms with Crippen LogP contribution in [-0.4, -0.2) is 64.9 Å². The Hall–Kier alpha value is -0.880. The van der Waals surface area contributed by atoms with Gasteiger partial charge in [-0.25, -0.2) is 0 Å². The molecule has 0 bridgehead atoms. The number of allylic oxidation sites excluding steroid dienone is 2. The molecule has 0 heterocycles. The van der Waals surface area contributed by atoms with Crippen molar-refractivity contribution in [2.45, 2.75) is 226 Å². The van der Waals surface area contributed by atoms with E-state index in [9.17, 15) is 0 Å². The number of rotatable bonds is 43. The molecule has 0 aromatic carbocycles. The average molecular weight is 750 g/mol. The van der Waals surface area contributed by atoms with Crippen molar-refractivity contribution in [1.29, 1.82) is 0 Å². The van der Waals surface area contributed by atoms with Gasteiger partial charge >= 0.3 is 0 Å². The number of likely N-dealkylation sites (N-methyl/N-ethyl adjacent to an activating group) is 1. The van der Waals surface area contributed by atoms with Crippen molar-refractivity contribution in [3.8, 4) is 0 Å². The predicted molar refractivity (Wildman–Crippen MR) is 233 cm³/mol. The molecule has 0 aliphatic heterocycles. The van der Waals surface area contributed by atoms with Gasteiger partial charge in [0.1, 0.15) is 5.76 Å². The van der Waals surface area contributed by atoms with E-state index in [-0.39, 0.29) is 0 Å². The van der Waals surface area contributed by atoms with E-state index >= 15 is 0 Å². The molecular weight excluding hydrogens is 655 g/mol. The Bertz CT molecular complexity index is 769. The minimum Gasteiger partial charge on any atom is -0.496 e. The first kappa shape index (κ1) is 52.1. The number of unbranched alkanes of at least 4 members (excludes halogenated alkanes) is 21. The lowest BCUT2D eigenvalue weighted by molar-refractivity contribution is -0.143. The van der Waals surface area contributed by atoms with Crippen molar-refractivity contribution in [3.63, 3.8) is 0 Å². The molecular formula is C48H95NO4. The number of methoxy groups -OCH3 is 1. The van der Waals surface area contributed by atoms with Crippen LogP contribution in [0, 0.1) is 11.8 Å². The Balaban J connectivity index is 3.39. The molecule has 5 nitrogen and oxygen atoms in total. The molecule has 3 atom stereocenters. The zero-order chi connectivity index (χ0) is 39.0. The zero-order valence-corrected chi connectivity index (χ0v) is 37.1. The van der Waals surface area contributed by atoms with Crippen LogP contribution >= 0.6 is 0 Å². The SMILES string of the molecule is C=C(OC)C(OCCCOC(C)CCCCCCCCCCCCCCCC(C)CCCCCC/C=C\CCCCCCCC(C)C)OCCN(C)C. The molecule has 0 aromatic heterocycles. The topological polar surface area (TPSA) is 40.2 Å². The molecule has 0 fully saturated rings. The highest BCUT2D eigenvalue weighted by molar-refractivity contribution is 4.87. The van der Waals surface area contributed by atoms with Gasteiger partial charge in [0.2, 0.25) is 6.29 Å². The van der Waals surface area contributed by atoms with E-state index in [0.717, 1.165) is 31.2 Å². The molecule has 0 amide bonds. The van der Waals surface area contributed by atoms with Gasteiger partial charge in [-0.05, 0) is 71.4 Å². The van der Waals surface area contributed by atoms with Crippen molar-refractivity contribution in [2.75, 3.05) is 47.6 Å². The van der Waals surface area contributed by atoms with Crippen molar-refractivity contribution < 1.29 is 18.9 Å². The van der Waals surface area contributed by atoms with Gasteiger partial charge in [-0.1, -0.05) is 187 Å². The molecule has 316 valence electrons. The van der Waals surface area contributed by atoms with Gasteiger partial charge in [0.25, 0.3) is 0 Å². The Kier molecular flexibility index (Phi) is 40.1. The second kappa shape index (κ2) is 40.8. The smallest absolute Gasteiger partial charge is 0.215 e. The van der Waals surface area contributed by atoms with Crippen molar-refractivity contribution in [2.24, 2.45) is 11.8 Å². The molecule has 53 heavy (non-hydrogen) atoms. The van der Waals surface area contributed by atoms with Gasteiger partial charge in [-0.3, -0.25) is 0 Å².